The number of carbonyl (C=O) groups is 6. The van der Waals surface area contributed by atoms with Gasteiger partial charge in [0.05, 0.1) is 27.7 Å². The molecule has 61 heavy (non-hydrogen) atoms. The standard InChI is InChI=1S/C41H68N12O8/c1-8-26(4)34(38(58)48-32(40(60)61)23-25(2)3)49-36(56)31(24-27-16-18-28(54)19-17-27)47-37(57)33-15-12-21-52(33)39(59)30(14-11-20-45-41(42)43)46-35(55)29(50-51-44)13-9-10-22-53(5,6)7/h16-19,25-26,29-34H,8-15,20-24H2,1-7H3,(H9-,42,43,45,46,47,48,49,54,55,56,57,58,60,61)/p+1/t26-,29?,30+,31+,32+,33+,34+/m0/s1. The smallest absolute Gasteiger partial charge is 0.326 e. The number of nitrogens with one attached hydrogen (secondary N) is 4. The van der Waals surface area contributed by atoms with Crippen LogP contribution in [0.4, 0.5) is 0 Å². The minimum atomic E-state index is -1.27. The van der Waals surface area contributed by atoms with Gasteiger partial charge in [0.2, 0.25) is 29.5 Å². The van der Waals surface area contributed by atoms with E-state index in [1.165, 1.54) is 17.0 Å². The van der Waals surface area contributed by atoms with E-state index in [2.05, 4.69) is 36.3 Å². The Labute approximate surface area is 358 Å². The highest BCUT2D eigenvalue weighted by atomic mass is 16.4. The summed E-state index contributed by atoms with van der Waals surface area (Å²) in [6.45, 7) is 8.40. The molecule has 0 aromatic heterocycles. The monoisotopic (exact) mass is 858 g/mol. The van der Waals surface area contributed by atoms with Crippen LogP contribution < -0.4 is 32.7 Å². The van der Waals surface area contributed by atoms with Gasteiger partial charge >= 0.3 is 5.97 Å². The fourth-order valence-corrected chi connectivity index (χ4v) is 7.01. The second-order valence-corrected chi connectivity index (χ2v) is 17.3. The molecule has 1 aliphatic heterocycles. The number of carboxylic acid groups (broad SMARTS) is 1. The van der Waals surface area contributed by atoms with Crippen LogP contribution in [0, 0.1) is 11.8 Å². The number of rotatable bonds is 26. The Morgan fingerprint density at radius 3 is 2.13 bits per heavy atom. The van der Waals surface area contributed by atoms with Crippen molar-refractivity contribution in [3.63, 3.8) is 0 Å². The molecule has 1 fully saturated rings. The molecule has 20 nitrogen and oxygen atoms in total. The summed E-state index contributed by atoms with van der Waals surface area (Å²) < 4.78 is 0.723. The van der Waals surface area contributed by atoms with Crippen LogP contribution >= 0.6 is 0 Å². The highest BCUT2D eigenvalue weighted by molar-refractivity contribution is 5.97. The molecule has 340 valence electrons. The molecule has 1 heterocycles. The maximum absolute atomic E-state index is 14.3. The Bertz CT molecular complexity index is 1710. The summed E-state index contributed by atoms with van der Waals surface area (Å²) in [4.78, 5) is 89.9. The molecular formula is C41H69N12O8+. The maximum atomic E-state index is 14.3. The topological polar surface area (TPSA) is 307 Å². The third kappa shape index (κ3) is 18.3. The molecule has 0 radical (unpaired) electrons. The number of azide groups is 1. The highest BCUT2D eigenvalue weighted by Crippen LogP contribution is 2.22. The average Bonchev–Trinajstić information content (AvgIpc) is 3.68. The molecule has 1 aromatic carbocycles. The zero-order valence-electron chi connectivity index (χ0n) is 36.8. The lowest BCUT2D eigenvalue weighted by atomic mass is 9.96. The van der Waals surface area contributed by atoms with E-state index in [-0.39, 0.29) is 62.8 Å². The fourth-order valence-electron chi connectivity index (χ4n) is 7.01. The molecule has 1 aromatic rings. The molecule has 0 bridgehead atoms. The first-order chi connectivity index (χ1) is 28.7. The highest BCUT2D eigenvalue weighted by Gasteiger charge is 2.40. The van der Waals surface area contributed by atoms with E-state index >= 15 is 0 Å². The zero-order valence-corrected chi connectivity index (χ0v) is 36.8. The van der Waals surface area contributed by atoms with E-state index in [1.807, 2.05) is 41.9 Å². The van der Waals surface area contributed by atoms with Gasteiger partial charge in [0.1, 0.15) is 42.0 Å². The van der Waals surface area contributed by atoms with Gasteiger partial charge in [-0.05, 0) is 86.4 Å². The minimum absolute atomic E-state index is 0.0117. The van der Waals surface area contributed by atoms with Gasteiger partial charge in [0, 0.05) is 24.4 Å². The second-order valence-electron chi connectivity index (χ2n) is 17.3. The largest absolute Gasteiger partial charge is 0.508 e. The molecule has 0 aliphatic carbocycles. The van der Waals surface area contributed by atoms with Gasteiger partial charge in [0.25, 0.3) is 0 Å². The number of guanidine groups is 1. The number of hydrogen-bond donors (Lipinski definition) is 8. The van der Waals surface area contributed by atoms with Gasteiger partial charge in [-0.2, -0.15) is 0 Å². The summed E-state index contributed by atoms with van der Waals surface area (Å²) >= 11 is 0. The lowest BCUT2D eigenvalue weighted by Crippen LogP contribution is -2.60. The number of nitrogens with two attached hydrogens (primary N) is 2. The van der Waals surface area contributed by atoms with Gasteiger partial charge in [-0.1, -0.05) is 51.4 Å². The summed E-state index contributed by atoms with van der Waals surface area (Å²) in [5.74, 6) is -5.05. The fraction of sp³-hybridized carbons (Fsp3) is 0.683. The Morgan fingerprint density at radius 2 is 1.56 bits per heavy atom. The predicted molar refractivity (Wildman–Crippen MR) is 230 cm³/mol. The summed E-state index contributed by atoms with van der Waals surface area (Å²) in [6, 6.07) is -0.819. The van der Waals surface area contributed by atoms with Crippen molar-refractivity contribution in [1.29, 1.82) is 0 Å². The van der Waals surface area contributed by atoms with E-state index < -0.39 is 77.7 Å². The summed E-state index contributed by atoms with van der Waals surface area (Å²) in [7, 11) is 6.14. The molecular weight excluding hydrogens is 789 g/mol. The number of unbranched alkanes of at least 4 members (excludes halogenated alkanes) is 1. The van der Waals surface area contributed by atoms with Crippen molar-refractivity contribution < 1.29 is 43.5 Å². The maximum Gasteiger partial charge on any atom is 0.326 e. The van der Waals surface area contributed by atoms with Crippen molar-refractivity contribution in [2.45, 2.75) is 128 Å². The first kappa shape index (κ1) is 51.5. The van der Waals surface area contributed by atoms with E-state index in [9.17, 15) is 44.5 Å². The zero-order chi connectivity index (χ0) is 45.9. The predicted octanol–water partition coefficient (Wildman–Crippen LogP) is 1.65. The number of amides is 5. The molecule has 7 atom stereocenters. The normalized spacial score (nSPS) is 16.8. The Morgan fingerprint density at radius 1 is 0.902 bits per heavy atom. The van der Waals surface area contributed by atoms with Gasteiger partial charge in [-0.15, -0.1) is 0 Å². The van der Waals surface area contributed by atoms with Crippen LogP contribution in [0.5, 0.6) is 5.75 Å². The number of quaternary nitrogens is 1. The average molecular weight is 858 g/mol. The third-order valence-corrected chi connectivity index (χ3v) is 10.6. The molecule has 0 spiro atoms. The summed E-state index contributed by atoms with van der Waals surface area (Å²) in [5.41, 5.74) is 20.8. The summed E-state index contributed by atoms with van der Waals surface area (Å²) in [5, 5.41) is 34.2. The Kier molecular flexibility index (Phi) is 21.3. The molecule has 20 heteroatoms. The summed E-state index contributed by atoms with van der Waals surface area (Å²) in [6.07, 6.45) is 3.30. The number of aromatic hydroxyl groups is 1. The lowest BCUT2D eigenvalue weighted by Gasteiger charge is -2.31. The van der Waals surface area contributed by atoms with Crippen molar-refractivity contribution in [2.75, 3.05) is 40.8 Å². The van der Waals surface area contributed by atoms with Crippen molar-refractivity contribution in [3.05, 3.63) is 40.3 Å². The minimum Gasteiger partial charge on any atom is -0.508 e. The van der Waals surface area contributed by atoms with Gasteiger partial charge in [0.15, 0.2) is 5.96 Å². The van der Waals surface area contributed by atoms with Crippen molar-refractivity contribution in [3.8, 4) is 5.75 Å². The molecule has 2 rings (SSSR count). The number of carboxylic acids is 1. The van der Waals surface area contributed by atoms with Crippen LogP contribution in [0.1, 0.15) is 91.0 Å². The van der Waals surface area contributed by atoms with Gasteiger partial charge < -0.3 is 52.3 Å². The van der Waals surface area contributed by atoms with Crippen LogP contribution in [0.3, 0.4) is 0 Å². The van der Waals surface area contributed by atoms with Crippen molar-refractivity contribution in [1.82, 2.24) is 26.2 Å². The number of aliphatic imine (C=N–C) groups is 1. The molecule has 1 aliphatic rings. The third-order valence-electron chi connectivity index (χ3n) is 10.6. The first-order valence-corrected chi connectivity index (χ1v) is 21.1. The first-order valence-electron chi connectivity index (χ1n) is 21.1. The van der Waals surface area contributed by atoms with Crippen LogP contribution in [0.25, 0.3) is 10.4 Å². The van der Waals surface area contributed by atoms with Crippen LogP contribution in [-0.4, -0.2) is 138 Å². The molecule has 1 unspecified atom stereocenters. The SMILES string of the molecule is CC[C@H](C)[C@@H](NC(=O)[C@@H](Cc1ccc(O)cc1)NC(=O)[C@H]1CCCN1C(=O)[C@@H](CCCN=C(N)N)NC(=O)C(CCCC[N+](C)(C)C)N=[N+]=[N-])C(=O)N[C@H](CC(C)C)C(=O)O. The van der Waals surface area contributed by atoms with E-state index in [1.54, 1.807) is 19.1 Å². The quantitative estimate of drug-likeness (QED) is 0.0127. The Hall–Kier alpha value is -5.62. The molecule has 1 saturated heterocycles. The number of aliphatic carboxylic acids is 1. The number of carbonyl (C=O) groups excluding carboxylic acids is 5. The number of benzene rings is 1. The van der Waals surface area contributed by atoms with E-state index in [4.69, 9.17) is 11.5 Å². The second kappa shape index (κ2) is 25.2. The van der Waals surface area contributed by atoms with Crippen molar-refractivity contribution in [2.24, 2.45) is 33.4 Å². The number of hydrogen-bond acceptors (Lipinski definition) is 9. The van der Waals surface area contributed by atoms with E-state index in [0.29, 0.717) is 31.2 Å². The van der Waals surface area contributed by atoms with Gasteiger partial charge in [-0.25, -0.2) is 4.79 Å². The van der Waals surface area contributed by atoms with Crippen LogP contribution in [0.15, 0.2) is 34.4 Å². The number of phenols is 1. The van der Waals surface area contributed by atoms with Crippen molar-refractivity contribution >= 4 is 41.5 Å². The molecule has 5 amide bonds. The lowest BCUT2D eigenvalue weighted by molar-refractivity contribution is -0.870. The molecule has 0 saturated carbocycles. The van der Waals surface area contributed by atoms with Gasteiger partial charge in [-0.3, -0.25) is 29.0 Å². The number of likely N-dealkylation sites (tertiary alicyclic amines) is 1. The van der Waals surface area contributed by atoms with Crippen LogP contribution in [0.2, 0.25) is 0 Å². The number of nitrogens with zero attached hydrogens (tertiary/aromatic N) is 6. The van der Waals surface area contributed by atoms with E-state index in [0.717, 1.165) is 17.4 Å². The molecule has 10 N–H and O–H groups in total. The van der Waals surface area contributed by atoms with Crippen LogP contribution in [-0.2, 0) is 35.2 Å². The Balaban J connectivity index is 2.40. The number of phenolic OH excluding ortho intramolecular Hbond substituents is 1.